The molecule has 1 saturated carbocycles. The number of nitrogens with two attached hydrogens (primary N) is 1. The summed E-state index contributed by atoms with van der Waals surface area (Å²) in [6, 6.07) is 3.42. The van der Waals surface area contributed by atoms with Crippen LogP contribution in [0.2, 0.25) is 0 Å². The molecule has 1 unspecified atom stereocenters. The Bertz CT molecular complexity index is 892. The second-order valence-corrected chi connectivity index (χ2v) is 7.70. The normalized spacial score (nSPS) is 29.3. The number of aromatic nitrogens is 4. The van der Waals surface area contributed by atoms with Crippen LogP contribution < -0.4 is 11.1 Å². The first-order valence-electron chi connectivity index (χ1n) is 9.30. The molecule has 1 aliphatic carbocycles. The van der Waals surface area contributed by atoms with E-state index in [4.69, 9.17) is 15.2 Å². The Labute approximate surface area is 161 Å². The fourth-order valence-electron chi connectivity index (χ4n) is 4.30. The molecule has 4 rings (SSSR count). The maximum absolute atomic E-state index is 12.3. The lowest BCUT2D eigenvalue weighted by Gasteiger charge is -2.48. The Hall–Kier alpha value is -2.88. The van der Waals surface area contributed by atoms with E-state index < -0.39 is 11.7 Å². The minimum Gasteiger partial charge on any atom is -0.443 e. The Kier molecular flexibility index (Phi) is 4.58. The van der Waals surface area contributed by atoms with E-state index in [9.17, 15) is 9.59 Å². The van der Waals surface area contributed by atoms with Crippen molar-refractivity contribution in [2.45, 2.75) is 37.9 Å². The van der Waals surface area contributed by atoms with Gasteiger partial charge >= 0.3 is 6.09 Å². The molecule has 2 aromatic heterocycles. The van der Waals surface area contributed by atoms with Gasteiger partial charge in [0, 0.05) is 25.2 Å². The predicted molar refractivity (Wildman–Crippen MR) is 98.3 cm³/mol. The van der Waals surface area contributed by atoms with E-state index in [0.717, 1.165) is 25.0 Å². The van der Waals surface area contributed by atoms with Crippen molar-refractivity contribution in [1.29, 1.82) is 0 Å². The number of nitrogens with zero attached hydrogens (tertiary/aromatic N) is 3. The summed E-state index contributed by atoms with van der Waals surface area (Å²) >= 11 is 0. The number of hydrogen-bond donors (Lipinski definition) is 3. The highest BCUT2D eigenvalue weighted by Crippen LogP contribution is 2.50. The zero-order valence-corrected chi connectivity index (χ0v) is 15.8. The van der Waals surface area contributed by atoms with Crippen molar-refractivity contribution in [3.8, 4) is 0 Å². The smallest absolute Gasteiger partial charge is 0.405 e. The van der Waals surface area contributed by atoms with Crippen LogP contribution in [-0.4, -0.2) is 44.2 Å². The van der Waals surface area contributed by atoms with Crippen LogP contribution in [0.25, 0.3) is 0 Å². The molecule has 3 heterocycles. The average molecular weight is 388 g/mol. The van der Waals surface area contributed by atoms with Crippen molar-refractivity contribution in [2.24, 2.45) is 24.6 Å². The fraction of sp³-hybridized carbons (Fsp3) is 0.556. The molecule has 4 atom stereocenters. The molecule has 4 N–H and O–H groups in total. The van der Waals surface area contributed by atoms with Gasteiger partial charge in [-0.15, -0.1) is 0 Å². The average Bonchev–Trinajstić information content (AvgIpc) is 3.34. The van der Waals surface area contributed by atoms with Crippen molar-refractivity contribution in [2.75, 3.05) is 11.9 Å². The highest BCUT2D eigenvalue weighted by atomic mass is 16.6. The summed E-state index contributed by atoms with van der Waals surface area (Å²) in [5.41, 5.74) is 5.95. The first-order valence-corrected chi connectivity index (χ1v) is 9.30. The van der Waals surface area contributed by atoms with Gasteiger partial charge in [-0.25, -0.2) is 4.79 Å². The SMILES string of the molecule is Cn1nccc1C(=O)Nc1cc([C@@H]2C[C@H](C3CC[C@]3(C)OC(N)=O)CO2)[nH]n1. The number of ether oxygens (including phenoxy) is 2. The van der Waals surface area contributed by atoms with Gasteiger partial charge in [-0.05, 0) is 38.2 Å². The van der Waals surface area contributed by atoms with Crippen LogP contribution in [0, 0.1) is 11.8 Å². The Morgan fingerprint density at radius 1 is 1.50 bits per heavy atom. The van der Waals surface area contributed by atoms with E-state index in [2.05, 4.69) is 20.6 Å². The van der Waals surface area contributed by atoms with E-state index in [1.54, 1.807) is 25.4 Å². The zero-order valence-electron chi connectivity index (χ0n) is 15.8. The molecule has 2 aliphatic rings. The maximum Gasteiger partial charge on any atom is 0.405 e. The summed E-state index contributed by atoms with van der Waals surface area (Å²) < 4.78 is 12.8. The van der Waals surface area contributed by atoms with Crippen LogP contribution in [0.3, 0.4) is 0 Å². The Morgan fingerprint density at radius 3 is 2.96 bits per heavy atom. The maximum atomic E-state index is 12.3. The molecule has 0 bridgehead atoms. The summed E-state index contributed by atoms with van der Waals surface area (Å²) in [4.78, 5) is 23.4. The Morgan fingerprint density at radius 2 is 2.32 bits per heavy atom. The molecule has 10 nitrogen and oxygen atoms in total. The highest BCUT2D eigenvalue weighted by Gasteiger charge is 2.51. The van der Waals surface area contributed by atoms with Gasteiger partial charge in [0.05, 0.1) is 18.4 Å². The molecule has 0 radical (unpaired) electrons. The van der Waals surface area contributed by atoms with Gasteiger partial charge in [0.1, 0.15) is 11.3 Å². The molecule has 1 saturated heterocycles. The second kappa shape index (κ2) is 6.93. The fourth-order valence-corrected chi connectivity index (χ4v) is 4.30. The molecule has 0 spiro atoms. The standard InChI is InChI=1S/C18H24N6O4/c1-18(28-17(19)26)5-3-11(18)10-7-14(27-9-10)12-8-15(23-22-12)21-16(25)13-4-6-20-24(13)2/h4,6,8,10-11,14H,3,5,7,9H2,1-2H3,(H2,19,26)(H2,21,22,23,25)/t10-,11?,14-,18-/m0/s1. The number of H-pyrrole nitrogens is 1. The number of aromatic amines is 1. The molecular weight excluding hydrogens is 364 g/mol. The third-order valence-electron chi connectivity index (χ3n) is 5.91. The van der Waals surface area contributed by atoms with Crippen LogP contribution in [0.4, 0.5) is 10.6 Å². The topological polar surface area (TPSA) is 137 Å². The summed E-state index contributed by atoms with van der Waals surface area (Å²) in [6.07, 6.45) is 3.28. The molecule has 1 aliphatic heterocycles. The number of carbonyl (C=O) groups is 2. The van der Waals surface area contributed by atoms with Crippen molar-refractivity contribution < 1.29 is 19.1 Å². The van der Waals surface area contributed by atoms with E-state index in [-0.39, 0.29) is 23.8 Å². The van der Waals surface area contributed by atoms with Crippen LogP contribution in [0.5, 0.6) is 0 Å². The number of hydrogen-bond acceptors (Lipinski definition) is 6. The third-order valence-corrected chi connectivity index (χ3v) is 5.91. The van der Waals surface area contributed by atoms with E-state index in [1.807, 2.05) is 6.92 Å². The van der Waals surface area contributed by atoms with Gasteiger partial charge in [-0.2, -0.15) is 10.2 Å². The van der Waals surface area contributed by atoms with Crippen molar-refractivity contribution in [1.82, 2.24) is 20.0 Å². The molecular formula is C18H24N6O4. The summed E-state index contributed by atoms with van der Waals surface area (Å²) in [6.45, 7) is 2.52. The number of amides is 2. The first kappa shape index (κ1) is 18.5. The van der Waals surface area contributed by atoms with Gasteiger partial charge in [0.15, 0.2) is 5.82 Å². The third kappa shape index (κ3) is 3.35. The minimum absolute atomic E-state index is 0.140. The highest BCUT2D eigenvalue weighted by molar-refractivity contribution is 6.02. The zero-order chi connectivity index (χ0) is 19.9. The van der Waals surface area contributed by atoms with Crippen molar-refractivity contribution in [3.05, 3.63) is 29.7 Å². The molecule has 150 valence electrons. The molecule has 2 aromatic rings. The number of aryl methyl sites for hydroxylation is 1. The number of anilines is 1. The van der Waals surface area contributed by atoms with Crippen LogP contribution in [0.1, 0.15) is 48.5 Å². The van der Waals surface area contributed by atoms with Crippen LogP contribution in [-0.2, 0) is 16.5 Å². The van der Waals surface area contributed by atoms with Gasteiger partial charge in [0.25, 0.3) is 5.91 Å². The van der Waals surface area contributed by atoms with Gasteiger partial charge in [-0.1, -0.05) is 0 Å². The number of primary amides is 1. The van der Waals surface area contributed by atoms with Crippen LogP contribution in [0.15, 0.2) is 18.3 Å². The quantitative estimate of drug-likeness (QED) is 0.713. The van der Waals surface area contributed by atoms with Gasteiger partial charge in [0.2, 0.25) is 0 Å². The predicted octanol–water partition coefficient (Wildman–Crippen LogP) is 1.74. The molecule has 0 aromatic carbocycles. The van der Waals surface area contributed by atoms with Crippen LogP contribution >= 0.6 is 0 Å². The lowest BCUT2D eigenvalue weighted by molar-refractivity contribution is -0.106. The number of rotatable bonds is 5. The molecule has 2 amide bonds. The second-order valence-electron chi connectivity index (χ2n) is 7.70. The lowest BCUT2D eigenvalue weighted by Crippen LogP contribution is -2.52. The molecule has 10 heteroatoms. The Balaban J connectivity index is 1.37. The van der Waals surface area contributed by atoms with Gasteiger partial charge in [-0.3, -0.25) is 14.6 Å². The summed E-state index contributed by atoms with van der Waals surface area (Å²) in [5, 5.41) is 13.8. The first-order chi connectivity index (χ1) is 13.4. The molecule has 28 heavy (non-hydrogen) atoms. The monoisotopic (exact) mass is 388 g/mol. The number of carbonyl (C=O) groups excluding carboxylic acids is 2. The minimum atomic E-state index is -0.731. The number of nitrogens with one attached hydrogen (secondary N) is 2. The van der Waals surface area contributed by atoms with Crippen molar-refractivity contribution in [3.63, 3.8) is 0 Å². The largest absolute Gasteiger partial charge is 0.443 e. The molecule has 2 fully saturated rings. The van der Waals surface area contributed by atoms with Gasteiger partial charge < -0.3 is 20.5 Å². The van der Waals surface area contributed by atoms with E-state index >= 15 is 0 Å². The summed E-state index contributed by atoms with van der Waals surface area (Å²) in [5.74, 6) is 0.659. The van der Waals surface area contributed by atoms with Crippen molar-refractivity contribution >= 4 is 17.8 Å². The lowest BCUT2D eigenvalue weighted by atomic mass is 9.63. The summed E-state index contributed by atoms with van der Waals surface area (Å²) in [7, 11) is 1.70. The van der Waals surface area contributed by atoms with E-state index in [0.29, 0.717) is 18.1 Å². The van der Waals surface area contributed by atoms with E-state index in [1.165, 1.54) is 4.68 Å².